The molecule has 2 aromatic carbocycles. The molecule has 0 amide bonds. The fourth-order valence-corrected chi connectivity index (χ4v) is 4.68. The number of fused-ring (bicyclic) bond motifs is 1. The van der Waals surface area contributed by atoms with E-state index in [0.717, 1.165) is 17.7 Å². The summed E-state index contributed by atoms with van der Waals surface area (Å²) in [6.45, 7) is 13.7. The Bertz CT molecular complexity index is 966. The second-order valence-electron chi connectivity index (χ2n) is 10.5. The van der Waals surface area contributed by atoms with Crippen molar-refractivity contribution in [1.82, 2.24) is 0 Å². The minimum atomic E-state index is -0.783. The van der Waals surface area contributed by atoms with Crippen LogP contribution in [0.2, 0.25) is 0 Å². The van der Waals surface area contributed by atoms with Gasteiger partial charge in [-0.05, 0) is 64.5 Å². The van der Waals surface area contributed by atoms with Crippen LogP contribution >= 0.6 is 0 Å². The first-order chi connectivity index (χ1) is 15.0. The Morgan fingerprint density at radius 1 is 1.03 bits per heavy atom. The molecule has 3 rings (SSSR count). The number of ether oxygens (including phenoxy) is 1. The first-order valence-electron chi connectivity index (χ1n) is 11.8. The smallest absolute Gasteiger partial charge is 0.307 e. The van der Waals surface area contributed by atoms with Crippen molar-refractivity contribution in [3.05, 3.63) is 76.9 Å². The number of carboxylic acid groups (broad SMARTS) is 1. The van der Waals surface area contributed by atoms with E-state index in [4.69, 9.17) is 4.74 Å². The van der Waals surface area contributed by atoms with Crippen molar-refractivity contribution in [2.45, 2.75) is 84.2 Å². The molecule has 3 heteroatoms. The van der Waals surface area contributed by atoms with Gasteiger partial charge in [-0.3, -0.25) is 4.79 Å². The topological polar surface area (TPSA) is 46.5 Å². The Balaban J connectivity index is 1.74. The van der Waals surface area contributed by atoms with Gasteiger partial charge in [-0.2, -0.15) is 0 Å². The zero-order valence-electron chi connectivity index (χ0n) is 20.4. The molecule has 32 heavy (non-hydrogen) atoms. The average molecular weight is 435 g/mol. The second kappa shape index (κ2) is 9.52. The Morgan fingerprint density at radius 2 is 1.66 bits per heavy atom. The third-order valence-corrected chi connectivity index (χ3v) is 7.10. The zero-order chi connectivity index (χ0) is 23.5. The molecule has 2 atom stereocenters. The van der Waals surface area contributed by atoms with Crippen LogP contribution in [0.25, 0.3) is 0 Å². The van der Waals surface area contributed by atoms with Crippen LogP contribution in [0.4, 0.5) is 0 Å². The number of aliphatic carboxylic acids is 1. The van der Waals surface area contributed by atoms with Gasteiger partial charge in [-0.1, -0.05) is 84.0 Å². The molecule has 0 fully saturated rings. The molecule has 1 N–H and O–H groups in total. The maximum absolute atomic E-state index is 11.5. The van der Waals surface area contributed by atoms with E-state index in [1.807, 2.05) is 36.4 Å². The van der Waals surface area contributed by atoms with E-state index in [-0.39, 0.29) is 16.7 Å². The van der Waals surface area contributed by atoms with E-state index in [1.54, 1.807) is 6.92 Å². The van der Waals surface area contributed by atoms with Gasteiger partial charge in [0.15, 0.2) is 0 Å². The quantitative estimate of drug-likeness (QED) is 0.441. The van der Waals surface area contributed by atoms with Gasteiger partial charge in [0.25, 0.3) is 0 Å². The largest absolute Gasteiger partial charge is 0.489 e. The number of benzene rings is 2. The molecule has 172 valence electrons. The third-order valence-electron chi connectivity index (χ3n) is 7.10. The molecule has 0 aromatic heterocycles. The number of allylic oxidation sites excluding steroid dienone is 2. The Labute approximate surface area is 193 Å². The number of carbonyl (C=O) groups is 1. The summed E-state index contributed by atoms with van der Waals surface area (Å²) >= 11 is 0. The Kier molecular flexibility index (Phi) is 7.17. The molecular formula is C29H38O3. The van der Waals surface area contributed by atoms with Crippen LogP contribution in [0.15, 0.2) is 54.6 Å². The highest BCUT2D eigenvalue weighted by Crippen LogP contribution is 2.46. The number of hydrogen-bond acceptors (Lipinski definition) is 2. The van der Waals surface area contributed by atoms with Gasteiger partial charge >= 0.3 is 5.97 Å². The molecule has 3 nitrogen and oxygen atoms in total. The van der Waals surface area contributed by atoms with Crippen molar-refractivity contribution >= 4 is 5.97 Å². The molecule has 0 radical (unpaired) electrons. The second-order valence-corrected chi connectivity index (χ2v) is 10.5. The number of hydrogen-bond donors (Lipinski definition) is 1. The van der Waals surface area contributed by atoms with Crippen LogP contribution in [0, 0.1) is 5.92 Å². The van der Waals surface area contributed by atoms with E-state index in [0.29, 0.717) is 6.61 Å². The highest BCUT2D eigenvalue weighted by molar-refractivity contribution is 5.71. The van der Waals surface area contributed by atoms with Crippen molar-refractivity contribution < 1.29 is 14.6 Å². The highest BCUT2D eigenvalue weighted by Gasteiger charge is 2.36. The summed E-state index contributed by atoms with van der Waals surface area (Å²) in [6, 6.07) is 14.7. The summed E-state index contributed by atoms with van der Waals surface area (Å²) in [7, 11) is 0. The Hall–Kier alpha value is -2.55. The molecule has 1 unspecified atom stereocenters. The minimum absolute atomic E-state index is 0.146. The summed E-state index contributed by atoms with van der Waals surface area (Å²) in [5.74, 6) is -0.609. The van der Waals surface area contributed by atoms with E-state index in [9.17, 15) is 9.90 Å². The maximum atomic E-state index is 11.5. The van der Waals surface area contributed by atoms with Crippen molar-refractivity contribution in [2.75, 3.05) is 0 Å². The third kappa shape index (κ3) is 5.26. The van der Waals surface area contributed by atoms with Gasteiger partial charge in [0, 0.05) is 5.92 Å². The molecule has 0 aliphatic heterocycles. The van der Waals surface area contributed by atoms with Crippen LogP contribution in [0.5, 0.6) is 5.75 Å². The van der Waals surface area contributed by atoms with Crippen LogP contribution in [-0.2, 0) is 22.2 Å². The van der Waals surface area contributed by atoms with Crippen LogP contribution in [0.1, 0.15) is 89.0 Å². The van der Waals surface area contributed by atoms with E-state index < -0.39 is 11.9 Å². The Morgan fingerprint density at radius 3 is 2.25 bits per heavy atom. The predicted octanol–water partition coefficient (Wildman–Crippen LogP) is 7.39. The lowest BCUT2D eigenvalue weighted by atomic mass is 9.63. The van der Waals surface area contributed by atoms with Gasteiger partial charge in [-0.15, -0.1) is 0 Å². The predicted molar refractivity (Wildman–Crippen MR) is 131 cm³/mol. The molecule has 0 saturated heterocycles. The number of rotatable bonds is 8. The molecule has 1 aliphatic rings. The van der Waals surface area contributed by atoms with Gasteiger partial charge in [0.1, 0.15) is 12.4 Å². The van der Waals surface area contributed by atoms with Gasteiger partial charge in [0.2, 0.25) is 0 Å². The molecule has 1 aliphatic carbocycles. The number of carboxylic acids is 1. The minimum Gasteiger partial charge on any atom is -0.489 e. The van der Waals surface area contributed by atoms with Crippen LogP contribution in [0.3, 0.4) is 0 Å². The van der Waals surface area contributed by atoms with Crippen molar-refractivity contribution in [3.63, 3.8) is 0 Å². The SMILES string of the molecule is CCC=CC(c1ccc(OCc2ccc3c(c2)C(C)(C)CCC3(C)C)cc1)[C@H](C)C(=O)O. The van der Waals surface area contributed by atoms with Crippen molar-refractivity contribution in [2.24, 2.45) is 5.92 Å². The molecule has 2 aromatic rings. The molecule has 0 spiro atoms. The summed E-state index contributed by atoms with van der Waals surface area (Å²) in [5, 5.41) is 9.47. The lowest BCUT2D eigenvalue weighted by molar-refractivity contribution is -0.141. The molecular weight excluding hydrogens is 396 g/mol. The molecule has 0 bridgehead atoms. The standard InChI is InChI=1S/C29H38O3/c1-7-8-9-24(20(2)27(30)31)22-11-13-23(14-12-22)32-19-21-10-15-25-26(18-21)29(5,6)17-16-28(25,3)4/h8-15,18,20,24H,7,16-17,19H2,1-6H3,(H,30,31)/t20-,24?/m0/s1. The summed E-state index contributed by atoms with van der Waals surface area (Å²) < 4.78 is 6.09. The molecule has 0 heterocycles. The maximum Gasteiger partial charge on any atom is 0.307 e. The van der Waals surface area contributed by atoms with Crippen LogP contribution in [-0.4, -0.2) is 11.1 Å². The average Bonchev–Trinajstić information content (AvgIpc) is 2.76. The lowest BCUT2D eigenvalue weighted by Crippen LogP contribution is -2.33. The van der Waals surface area contributed by atoms with Gasteiger partial charge in [-0.25, -0.2) is 0 Å². The first-order valence-corrected chi connectivity index (χ1v) is 11.8. The normalized spacial score (nSPS) is 18.7. The van der Waals surface area contributed by atoms with E-state index in [1.165, 1.54) is 29.5 Å². The van der Waals surface area contributed by atoms with E-state index in [2.05, 4.69) is 52.8 Å². The summed E-state index contributed by atoms with van der Waals surface area (Å²) in [5.41, 5.74) is 5.48. The summed E-state index contributed by atoms with van der Waals surface area (Å²) in [6.07, 6.45) is 7.34. The van der Waals surface area contributed by atoms with Crippen molar-refractivity contribution in [1.29, 1.82) is 0 Å². The first kappa shape index (κ1) is 24.1. The zero-order valence-corrected chi connectivity index (χ0v) is 20.4. The van der Waals surface area contributed by atoms with Gasteiger partial charge in [0.05, 0.1) is 5.92 Å². The summed E-state index contributed by atoms with van der Waals surface area (Å²) in [4.78, 5) is 11.5. The fourth-order valence-electron chi connectivity index (χ4n) is 4.68. The fraction of sp³-hybridized carbons (Fsp3) is 0.483. The monoisotopic (exact) mass is 434 g/mol. The van der Waals surface area contributed by atoms with E-state index >= 15 is 0 Å². The lowest BCUT2D eigenvalue weighted by Gasteiger charge is -2.42. The van der Waals surface area contributed by atoms with Crippen molar-refractivity contribution in [3.8, 4) is 5.75 Å². The molecule has 0 saturated carbocycles. The van der Waals surface area contributed by atoms with Gasteiger partial charge < -0.3 is 9.84 Å². The highest BCUT2D eigenvalue weighted by atomic mass is 16.5. The van der Waals surface area contributed by atoms with Crippen LogP contribution < -0.4 is 4.74 Å².